The lowest BCUT2D eigenvalue weighted by Crippen LogP contribution is -2.42. The third-order valence-corrected chi connectivity index (χ3v) is 1.88. The van der Waals surface area contributed by atoms with Gasteiger partial charge in [0, 0.05) is 12.6 Å². The van der Waals surface area contributed by atoms with Crippen LogP contribution >= 0.6 is 0 Å². The van der Waals surface area contributed by atoms with Crippen LogP contribution in [-0.4, -0.2) is 44.1 Å². The van der Waals surface area contributed by atoms with Gasteiger partial charge in [-0.1, -0.05) is 0 Å². The highest BCUT2D eigenvalue weighted by Gasteiger charge is 2.02. The Kier molecular flexibility index (Phi) is 6.26. The van der Waals surface area contributed by atoms with Crippen LogP contribution in [0.4, 0.5) is 0 Å². The summed E-state index contributed by atoms with van der Waals surface area (Å²) in [6.07, 6.45) is 0. The maximum Gasteiger partial charge on any atom is 0.205 e. The second kappa shape index (κ2) is 6.68. The summed E-state index contributed by atoms with van der Waals surface area (Å²) < 4.78 is 0. The molecule has 0 radical (unpaired) electrons. The molecule has 0 bridgehead atoms. The molecule has 0 aliphatic carbocycles. The van der Waals surface area contributed by atoms with E-state index >= 15 is 0 Å². The largest absolute Gasteiger partial charge is 0.356 e. The Labute approximate surface area is 80.4 Å². The fourth-order valence-corrected chi connectivity index (χ4v) is 0.707. The van der Waals surface area contributed by atoms with Crippen LogP contribution in [0.3, 0.4) is 0 Å². The summed E-state index contributed by atoms with van der Waals surface area (Å²) in [5.74, 6) is 5.91. The van der Waals surface area contributed by atoms with Crippen molar-refractivity contribution < 1.29 is 0 Å². The van der Waals surface area contributed by atoms with E-state index in [1.807, 2.05) is 21.0 Å². The first-order chi connectivity index (χ1) is 6.11. The molecular formula is C8H21N5. The first-order valence-corrected chi connectivity index (χ1v) is 4.53. The van der Waals surface area contributed by atoms with Gasteiger partial charge in [0.15, 0.2) is 0 Å². The molecule has 13 heavy (non-hydrogen) atoms. The van der Waals surface area contributed by atoms with E-state index in [0.29, 0.717) is 12.0 Å². The Morgan fingerprint density at radius 1 is 1.54 bits per heavy atom. The lowest BCUT2D eigenvalue weighted by atomic mass is 10.3. The molecule has 0 aromatic carbocycles. The summed E-state index contributed by atoms with van der Waals surface area (Å²) in [5, 5.41) is 3.02. The Morgan fingerprint density at radius 2 is 2.15 bits per heavy atom. The van der Waals surface area contributed by atoms with E-state index in [-0.39, 0.29) is 0 Å². The minimum absolute atomic E-state index is 0.419. The van der Waals surface area contributed by atoms with Gasteiger partial charge in [0.2, 0.25) is 5.96 Å². The number of rotatable bonds is 4. The number of guanidine groups is 1. The Hall–Kier alpha value is -0.810. The van der Waals surface area contributed by atoms with E-state index in [2.05, 4.69) is 27.6 Å². The van der Waals surface area contributed by atoms with Gasteiger partial charge >= 0.3 is 0 Å². The molecule has 0 rings (SSSR count). The first-order valence-electron chi connectivity index (χ1n) is 4.53. The molecule has 0 aromatic rings. The Morgan fingerprint density at radius 3 is 2.54 bits per heavy atom. The van der Waals surface area contributed by atoms with Crippen molar-refractivity contribution >= 4 is 5.96 Å². The van der Waals surface area contributed by atoms with Gasteiger partial charge in [0.25, 0.3) is 0 Å². The molecule has 0 saturated heterocycles. The summed E-state index contributed by atoms with van der Waals surface area (Å²) in [6.45, 7) is 5.67. The van der Waals surface area contributed by atoms with E-state index in [0.717, 1.165) is 13.1 Å². The normalized spacial score (nSPS) is 14.5. The van der Waals surface area contributed by atoms with E-state index < -0.39 is 0 Å². The summed E-state index contributed by atoms with van der Waals surface area (Å²) in [6, 6.07) is 0.419. The third kappa shape index (κ3) is 5.43. The second-order valence-electron chi connectivity index (χ2n) is 3.18. The number of nitrogens with zero attached hydrogens (tertiary/aromatic N) is 2. The van der Waals surface area contributed by atoms with Gasteiger partial charge in [-0.2, -0.15) is 0 Å². The van der Waals surface area contributed by atoms with Gasteiger partial charge in [0.1, 0.15) is 0 Å². The highest BCUT2D eigenvalue weighted by Crippen LogP contribution is 1.91. The van der Waals surface area contributed by atoms with Crippen LogP contribution in [0.2, 0.25) is 0 Å². The standard InChI is InChI=1S/C8H21N5/c1-5-10-8(12-9)11-6-7(2)13(3)4/h7H,5-6,9H2,1-4H3,(H2,10,11,12). The molecule has 0 saturated carbocycles. The van der Waals surface area contributed by atoms with Crippen molar-refractivity contribution in [3.8, 4) is 0 Å². The smallest absolute Gasteiger partial charge is 0.205 e. The fourth-order valence-electron chi connectivity index (χ4n) is 0.707. The molecule has 0 amide bonds. The van der Waals surface area contributed by atoms with Crippen molar-refractivity contribution in [1.82, 2.24) is 15.6 Å². The van der Waals surface area contributed by atoms with Crippen LogP contribution < -0.4 is 16.6 Å². The SMILES string of the molecule is CCNC(=NCC(C)N(C)C)NN. The topological polar surface area (TPSA) is 65.7 Å². The molecule has 0 heterocycles. The van der Waals surface area contributed by atoms with E-state index in [9.17, 15) is 0 Å². The Bertz CT molecular complexity index is 155. The summed E-state index contributed by atoms with van der Waals surface area (Å²) in [4.78, 5) is 6.40. The molecule has 0 aliphatic heterocycles. The van der Waals surface area contributed by atoms with E-state index in [4.69, 9.17) is 5.84 Å². The number of hydrogen-bond acceptors (Lipinski definition) is 3. The van der Waals surface area contributed by atoms with Crippen molar-refractivity contribution in [3.63, 3.8) is 0 Å². The number of nitrogens with two attached hydrogens (primary N) is 1. The van der Waals surface area contributed by atoms with Gasteiger partial charge in [-0.05, 0) is 27.9 Å². The Balaban J connectivity index is 3.90. The highest BCUT2D eigenvalue weighted by molar-refractivity contribution is 5.79. The van der Waals surface area contributed by atoms with Crippen LogP contribution in [0.15, 0.2) is 4.99 Å². The molecule has 4 N–H and O–H groups in total. The molecule has 1 atom stereocenters. The van der Waals surface area contributed by atoms with Crippen molar-refractivity contribution in [1.29, 1.82) is 0 Å². The average molecular weight is 187 g/mol. The van der Waals surface area contributed by atoms with Crippen LogP contribution in [-0.2, 0) is 0 Å². The lowest BCUT2D eigenvalue weighted by molar-refractivity contribution is 0.320. The van der Waals surface area contributed by atoms with Crippen molar-refractivity contribution in [3.05, 3.63) is 0 Å². The van der Waals surface area contributed by atoms with E-state index in [1.54, 1.807) is 0 Å². The van der Waals surface area contributed by atoms with Crippen molar-refractivity contribution in [2.75, 3.05) is 27.2 Å². The molecule has 0 spiro atoms. The molecule has 1 unspecified atom stereocenters. The number of aliphatic imine (C=N–C) groups is 1. The van der Waals surface area contributed by atoms with Gasteiger partial charge in [-0.3, -0.25) is 10.4 Å². The van der Waals surface area contributed by atoms with Crippen LogP contribution in [0.1, 0.15) is 13.8 Å². The molecular weight excluding hydrogens is 166 g/mol. The molecule has 78 valence electrons. The maximum atomic E-state index is 5.26. The summed E-state index contributed by atoms with van der Waals surface area (Å²) in [7, 11) is 4.06. The molecule has 5 nitrogen and oxygen atoms in total. The minimum Gasteiger partial charge on any atom is -0.356 e. The number of hydrogen-bond donors (Lipinski definition) is 3. The lowest BCUT2D eigenvalue weighted by Gasteiger charge is -2.17. The maximum absolute atomic E-state index is 5.26. The minimum atomic E-state index is 0.419. The highest BCUT2D eigenvalue weighted by atomic mass is 15.3. The van der Waals surface area contributed by atoms with Crippen molar-refractivity contribution in [2.45, 2.75) is 19.9 Å². The first kappa shape index (κ1) is 12.2. The number of nitrogens with one attached hydrogen (secondary N) is 2. The molecule has 0 fully saturated rings. The zero-order valence-electron chi connectivity index (χ0n) is 8.96. The molecule has 0 aliphatic rings. The predicted octanol–water partition coefficient (Wildman–Crippen LogP) is -0.635. The predicted molar refractivity (Wildman–Crippen MR) is 56.5 cm³/mol. The van der Waals surface area contributed by atoms with Gasteiger partial charge in [-0.15, -0.1) is 0 Å². The van der Waals surface area contributed by atoms with Crippen LogP contribution in [0.5, 0.6) is 0 Å². The number of likely N-dealkylation sites (N-methyl/N-ethyl adjacent to an activating group) is 1. The number of hydrazine groups is 1. The average Bonchev–Trinajstić information content (AvgIpc) is 2.11. The third-order valence-electron chi connectivity index (χ3n) is 1.88. The second-order valence-corrected chi connectivity index (χ2v) is 3.18. The zero-order valence-corrected chi connectivity index (χ0v) is 8.96. The van der Waals surface area contributed by atoms with Crippen molar-refractivity contribution in [2.24, 2.45) is 10.8 Å². The zero-order chi connectivity index (χ0) is 10.3. The van der Waals surface area contributed by atoms with Gasteiger partial charge in [0.05, 0.1) is 6.54 Å². The quantitative estimate of drug-likeness (QED) is 0.237. The van der Waals surface area contributed by atoms with Crippen LogP contribution in [0, 0.1) is 0 Å². The summed E-state index contributed by atoms with van der Waals surface area (Å²) in [5.41, 5.74) is 2.52. The fraction of sp³-hybridized carbons (Fsp3) is 0.875. The van der Waals surface area contributed by atoms with Crippen LogP contribution in [0.25, 0.3) is 0 Å². The molecule has 0 aromatic heterocycles. The van der Waals surface area contributed by atoms with Gasteiger partial charge in [-0.25, -0.2) is 5.84 Å². The van der Waals surface area contributed by atoms with Gasteiger partial charge < -0.3 is 10.2 Å². The van der Waals surface area contributed by atoms with E-state index in [1.165, 1.54) is 0 Å². The summed E-state index contributed by atoms with van der Waals surface area (Å²) >= 11 is 0. The monoisotopic (exact) mass is 187 g/mol. The molecule has 5 heteroatoms.